The molecule has 3 aromatic rings. The molecule has 0 aliphatic heterocycles. The lowest BCUT2D eigenvalue weighted by Crippen LogP contribution is -2.23. The van der Waals surface area contributed by atoms with Crippen molar-refractivity contribution in [2.24, 2.45) is 0 Å². The zero-order valence-electron chi connectivity index (χ0n) is 17.9. The third kappa shape index (κ3) is 5.76. The molecule has 0 aliphatic rings. The molecule has 0 spiro atoms. The molecule has 1 aromatic carbocycles. The predicted molar refractivity (Wildman–Crippen MR) is 126 cm³/mol. The van der Waals surface area contributed by atoms with E-state index in [0.29, 0.717) is 23.1 Å². The van der Waals surface area contributed by atoms with Crippen molar-refractivity contribution in [2.75, 3.05) is 7.11 Å². The summed E-state index contributed by atoms with van der Waals surface area (Å²) in [6.45, 7) is 7.46. The van der Waals surface area contributed by atoms with E-state index in [9.17, 15) is 4.79 Å². The number of ether oxygens (including phenoxy) is 1. The predicted octanol–water partition coefficient (Wildman–Crippen LogP) is 6.68. The molecule has 0 bridgehead atoms. The van der Waals surface area contributed by atoms with Crippen LogP contribution in [0.2, 0.25) is 10.0 Å². The van der Waals surface area contributed by atoms with Gasteiger partial charge in [0.2, 0.25) is 0 Å². The molecule has 1 N–H and O–H groups in total. The Labute approximate surface area is 197 Å². The molecule has 5 nitrogen and oxygen atoms in total. The van der Waals surface area contributed by atoms with Crippen LogP contribution in [0.4, 0.5) is 4.79 Å². The minimum Gasteiger partial charge on any atom is -0.453 e. The number of benzene rings is 1. The van der Waals surface area contributed by atoms with Crippen molar-refractivity contribution < 1.29 is 9.53 Å². The Morgan fingerprint density at radius 2 is 1.84 bits per heavy atom. The minimum absolute atomic E-state index is 0.240. The SMILES string of the molecule is COC(=O)NCc1c(C(C)C)c(Sc2cc(Cl)cc(Cl)c2)n(Cc2ccncc2)c1C. The first-order valence-corrected chi connectivity index (χ1v) is 11.4. The summed E-state index contributed by atoms with van der Waals surface area (Å²) in [5.74, 6) is 0.240. The zero-order valence-corrected chi connectivity index (χ0v) is 20.2. The van der Waals surface area contributed by atoms with Gasteiger partial charge in [-0.1, -0.05) is 48.8 Å². The standard InChI is InChI=1S/C23H25Cl2N3O2S/c1-14(2)21-20(12-27-23(29)30-4)15(3)28(13-16-5-7-26-8-6-16)22(21)31-19-10-17(24)9-18(25)11-19/h5-11,14H,12-13H2,1-4H3,(H,27,29). The van der Waals surface area contributed by atoms with Crippen LogP contribution in [0.1, 0.15) is 42.1 Å². The Balaban J connectivity index is 2.12. The van der Waals surface area contributed by atoms with Crippen LogP contribution in [0.15, 0.2) is 52.6 Å². The van der Waals surface area contributed by atoms with E-state index in [-0.39, 0.29) is 5.92 Å². The number of amides is 1. The highest BCUT2D eigenvalue weighted by Crippen LogP contribution is 2.41. The molecule has 164 valence electrons. The topological polar surface area (TPSA) is 56.1 Å². The van der Waals surface area contributed by atoms with E-state index in [1.807, 2.05) is 24.3 Å². The van der Waals surface area contributed by atoms with Crippen molar-refractivity contribution in [3.05, 3.63) is 75.2 Å². The highest BCUT2D eigenvalue weighted by Gasteiger charge is 2.24. The average molecular weight is 478 g/mol. The quantitative estimate of drug-likeness (QED) is 0.412. The van der Waals surface area contributed by atoms with Crippen LogP contribution in [0.25, 0.3) is 0 Å². The third-order valence-corrected chi connectivity index (χ3v) is 6.50. The van der Waals surface area contributed by atoms with Crippen molar-refractivity contribution in [2.45, 2.75) is 49.7 Å². The van der Waals surface area contributed by atoms with Gasteiger partial charge in [0.1, 0.15) is 0 Å². The molecule has 0 saturated heterocycles. The monoisotopic (exact) mass is 477 g/mol. The van der Waals surface area contributed by atoms with Gasteiger partial charge in [0, 0.05) is 46.1 Å². The molecular weight excluding hydrogens is 453 g/mol. The van der Waals surface area contributed by atoms with Crippen molar-refractivity contribution >= 4 is 41.1 Å². The van der Waals surface area contributed by atoms with Crippen molar-refractivity contribution in [3.63, 3.8) is 0 Å². The summed E-state index contributed by atoms with van der Waals surface area (Å²) in [6, 6.07) is 9.56. The highest BCUT2D eigenvalue weighted by atomic mass is 35.5. The maximum atomic E-state index is 11.7. The lowest BCUT2D eigenvalue weighted by molar-refractivity contribution is 0.170. The molecule has 0 atom stereocenters. The lowest BCUT2D eigenvalue weighted by Gasteiger charge is -2.15. The fourth-order valence-corrected chi connectivity index (χ4v) is 5.54. The van der Waals surface area contributed by atoms with Gasteiger partial charge in [-0.05, 0) is 59.9 Å². The van der Waals surface area contributed by atoms with Gasteiger partial charge < -0.3 is 14.6 Å². The molecule has 0 aliphatic carbocycles. The number of pyridine rings is 1. The summed E-state index contributed by atoms with van der Waals surface area (Å²) in [7, 11) is 1.37. The molecule has 1 amide bonds. The second-order valence-electron chi connectivity index (χ2n) is 7.43. The number of rotatable bonds is 7. The number of aromatic nitrogens is 2. The van der Waals surface area contributed by atoms with Crippen LogP contribution < -0.4 is 5.32 Å². The van der Waals surface area contributed by atoms with Crippen LogP contribution >= 0.6 is 35.0 Å². The van der Waals surface area contributed by atoms with E-state index < -0.39 is 6.09 Å². The number of carbonyl (C=O) groups is 1. The molecular formula is C23H25Cl2N3O2S. The van der Waals surface area contributed by atoms with Crippen LogP contribution in [0.3, 0.4) is 0 Å². The molecule has 31 heavy (non-hydrogen) atoms. The van der Waals surface area contributed by atoms with Crippen molar-refractivity contribution in [1.29, 1.82) is 0 Å². The largest absolute Gasteiger partial charge is 0.453 e. The maximum absolute atomic E-state index is 11.7. The smallest absolute Gasteiger partial charge is 0.407 e. The highest BCUT2D eigenvalue weighted by molar-refractivity contribution is 7.99. The Bertz CT molecular complexity index is 1050. The zero-order chi connectivity index (χ0) is 22.5. The van der Waals surface area contributed by atoms with E-state index in [1.54, 1.807) is 30.2 Å². The Kier molecular flexibility index (Phi) is 7.92. The fraction of sp³-hybridized carbons (Fsp3) is 0.304. The minimum atomic E-state index is -0.452. The maximum Gasteiger partial charge on any atom is 0.407 e. The molecule has 2 heterocycles. The van der Waals surface area contributed by atoms with Gasteiger partial charge in [0.25, 0.3) is 0 Å². The van der Waals surface area contributed by atoms with Crippen molar-refractivity contribution in [1.82, 2.24) is 14.9 Å². The van der Waals surface area contributed by atoms with Crippen LogP contribution in [0, 0.1) is 6.92 Å². The van der Waals surface area contributed by atoms with E-state index in [2.05, 4.69) is 35.6 Å². The van der Waals surface area contributed by atoms with E-state index in [4.69, 9.17) is 27.9 Å². The van der Waals surface area contributed by atoms with E-state index in [1.165, 1.54) is 12.7 Å². The number of methoxy groups -OCH3 is 1. The molecule has 0 saturated carbocycles. The van der Waals surface area contributed by atoms with Gasteiger partial charge >= 0.3 is 6.09 Å². The Hall–Kier alpha value is -2.15. The van der Waals surface area contributed by atoms with Gasteiger partial charge in [-0.2, -0.15) is 0 Å². The second-order valence-corrected chi connectivity index (χ2v) is 9.37. The number of alkyl carbamates (subject to hydrolysis) is 1. The molecule has 2 aromatic heterocycles. The fourth-order valence-electron chi connectivity index (χ4n) is 3.51. The van der Waals surface area contributed by atoms with Gasteiger partial charge in [-0.25, -0.2) is 4.79 Å². The third-order valence-electron chi connectivity index (χ3n) is 4.96. The summed E-state index contributed by atoms with van der Waals surface area (Å²) >= 11 is 14.1. The molecule has 0 unspecified atom stereocenters. The van der Waals surface area contributed by atoms with Crippen molar-refractivity contribution in [3.8, 4) is 0 Å². The van der Waals surface area contributed by atoms with Gasteiger partial charge in [-0.3, -0.25) is 4.98 Å². The average Bonchev–Trinajstić information content (AvgIpc) is 2.97. The van der Waals surface area contributed by atoms with Gasteiger partial charge in [-0.15, -0.1) is 0 Å². The summed E-state index contributed by atoms with van der Waals surface area (Å²) in [4.78, 5) is 16.8. The first-order valence-electron chi connectivity index (χ1n) is 9.86. The molecule has 3 rings (SSSR count). The van der Waals surface area contributed by atoms with E-state index >= 15 is 0 Å². The summed E-state index contributed by atoms with van der Waals surface area (Å²) < 4.78 is 7.04. The Morgan fingerprint density at radius 1 is 1.19 bits per heavy atom. The number of halogens is 2. The second kappa shape index (κ2) is 10.4. The van der Waals surface area contributed by atoms with E-state index in [0.717, 1.165) is 26.7 Å². The normalized spacial score (nSPS) is 11.1. The Morgan fingerprint density at radius 3 is 2.42 bits per heavy atom. The summed E-state index contributed by atoms with van der Waals surface area (Å²) in [6.07, 6.45) is 3.13. The van der Waals surface area contributed by atoms with Gasteiger partial charge in [0.15, 0.2) is 0 Å². The molecule has 0 fully saturated rings. The summed E-state index contributed by atoms with van der Waals surface area (Å²) in [5.41, 5.74) is 4.50. The first-order chi connectivity index (χ1) is 14.8. The molecule has 0 radical (unpaired) electrons. The number of nitrogens with one attached hydrogen (secondary N) is 1. The number of hydrogen-bond acceptors (Lipinski definition) is 4. The van der Waals surface area contributed by atoms with Gasteiger partial charge in [0.05, 0.1) is 12.1 Å². The first kappa shape index (κ1) is 23.5. The number of carbonyl (C=O) groups excluding carboxylic acids is 1. The summed E-state index contributed by atoms with van der Waals surface area (Å²) in [5, 5.41) is 5.13. The molecule has 8 heteroatoms. The van der Waals surface area contributed by atoms with Crippen LogP contribution in [0.5, 0.6) is 0 Å². The number of hydrogen-bond donors (Lipinski definition) is 1. The van der Waals surface area contributed by atoms with Crippen LogP contribution in [-0.2, 0) is 17.8 Å². The lowest BCUT2D eigenvalue weighted by atomic mass is 10.0. The van der Waals surface area contributed by atoms with Crippen LogP contribution in [-0.4, -0.2) is 22.8 Å². The number of nitrogens with zero attached hydrogens (tertiary/aromatic N) is 2.